The van der Waals surface area contributed by atoms with Crippen LogP contribution in [0.3, 0.4) is 0 Å². The third-order valence-corrected chi connectivity index (χ3v) is 12.0. The number of fused-ring (bicyclic) bond motifs is 11. The lowest BCUT2D eigenvalue weighted by atomic mass is 9.96. The SMILES string of the molecule is c1ccc(N(c2ccc(-c3ccc4c(ccc5ccccc54)c3)cc2)c2ccc3c(ccc4ccccc43)c2)c(-c2ccc3oc4c5ccccc5ccc4c3c2)c1. The van der Waals surface area contributed by atoms with Crippen molar-refractivity contribution < 1.29 is 4.42 Å². The summed E-state index contributed by atoms with van der Waals surface area (Å²) in [5.41, 5.74) is 9.78. The maximum atomic E-state index is 6.52. The molecule has 58 heavy (non-hydrogen) atoms. The molecule has 270 valence electrons. The molecule has 2 heteroatoms. The summed E-state index contributed by atoms with van der Waals surface area (Å²) in [6.07, 6.45) is 0. The van der Waals surface area contributed by atoms with E-state index in [1.54, 1.807) is 0 Å². The maximum Gasteiger partial charge on any atom is 0.143 e. The average molecular weight is 738 g/mol. The lowest BCUT2D eigenvalue weighted by Crippen LogP contribution is -2.11. The summed E-state index contributed by atoms with van der Waals surface area (Å²) in [7, 11) is 0. The van der Waals surface area contributed by atoms with E-state index in [1.165, 1.54) is 59.6 Å². The van der Waals surface area contributed by atoms with Crippen molar-refractivity contribution in [2.75, 3.05) is 4.90 Å². The minimum absolute atomic E-state index is 0.892. The maximum absolute atomic E-state index is 6.52. The van der Waals surface area contributed by atoms with Gasteiger partial charge in [-0.05, 0) is 120 Å². The molecule has 0 amide bonds. The molecule has 0 fully saturated rings. The molecule has 1 heterocycles. The number of nitrogens with zero attached hydrogens (tertiary/aromatic N) is 1. The highest BCUT2D eigenvalue weighted by atomic mass is 16.3. The molecule has 2 nitrogen and oxygen atoms in total. The van der Waals surface area contributed by atoms with Gasteiger partial charge in [0.25, 0.3) is 0 Å². The first kappa shape index (κ1) is 32.6. The van der Waals surface area contributed by atoms with Crippen molar-refractivity contribution in [3.8, 4) is 22.3 Å². The summed E-state index contributed by atoms with van der Waals surface area (Å²) in [4.78, 5) is 2.41. The molecule has 0 aliphatic rings. The lowest BCUT2D eigenvalue weighted by molar-refractivity contribution is 0.672. The van der Waals surface area contributed by atoms with Crippen LogP contribution in [0.25, 0.3) is 98.1 Å². The predicted octanol–water partition coefficient (Wildman–Crippen LogP) is 16.2. The molecule has 0 N–H and O–H groups in total. The van der Waals surface area contributed by atoms with E-state index < -0.39 is 0 Å². The van der Waals surface area contributed by atoms with Gasteiger partial charge in [0.15, 0.2) is 0 Å². The standard InChI is InChI=1S/C56H35NO/c1-4-12-46-37(9-1)17-19-41-33-40(24-29-48(41)46)36-21-26-44(27-22-36)57(45-28-31-49-42(34-45)20-18-38-10-2-5-13-47(38)49)54-16-8-7-14-50(54)43-25-32-55-53(35-43)52-30-23-39-11-3-6-15-51(39)56(52)58-55/h1-35H. The highest BCUT2D eigenvalue weighted by Gasteiger charge is 2.20. The number of para-hydroxylation sites is 1. The van der Waals surface area contributed by atoms with Crippen molar-refractivity contribution in [3.63, 3.8) is 0 Å². The van der Waals surface area contributed by atoms with Crippen molar-refractivity contribution in [2.24, 2.45) is 0 Å². The molecule has 0 bridgehead atoms. The van der Waals surface area contributed by atoms with Crippen LogP contribution in [0.5, 0.6) is 0 Å². The Morgan fingerprint density at radius 2 is 0.810 bits per heavy atom. The molecule has 0 saturated carbocycles. The summed E-state index contributed by atoms with van der Waals surface area (Å²) in [6.45, 7) is 0. The third-order valence-electron chi connectivity index (χ3n) is 12.0. The van der Waals surface area contributed by atoms with Gasteiger partial charge in [-0.2, -0.15) is 0 Å². The average Bonchev–Trinajstić information content (AvgIpc) is 3.68. The number of benzene rings is 11. The second kappa shape index (κ2) is 12.9. The Balaban J connectivity index is 1.01. The smallest absolute Gasteiger partial charge is 0.143 e. The number of rotatable bonds is 5. The minimum atomic E-state index is 0.892. The van der Waals surface area contributed by atoms with Gasteiger partial charge in [-0.1, -0.05) is 158 Å². The van der Waals surface area contributed by atoms with Crippen LogP contribution in [0.15, 0.2) is 217 Å². The summed E-state index contributed by atoms with van der Waals surface area (Å²) in [6, 6.07) is 77.2. The van der Waals surface area contributed by atoms with Gasteiger partial charge in [0, 0.05) is 33.1 Å². The normalized spacial score (nSPS) is 11.8. The first-order chi connectivity index (χ1) is 28.7. The first-order valence-electron chi connectivity index (χ1n) is 19.9. The first-order valence-corrected chi connectivity index (χ1v) is 19.9. The van der Waals surface area contributed by atoms with Crippen molar-refractivity contribution in [2.45, 2.75) is 0 Å². The molecule has 0 spiro atoms. The molecule has 1 aromatic heterocycles. The Bertz CT molecular complexity index is 3580. The molecule has 12 rings (SSSR count). The van der Waals surface area contributed by atoms with Gasteiger partial charge in [0.2, 0.25) is 0 Å². The van der Waals surface area contributed by atoms with Crippen LogP contribution in [0.1, 0.15) is 0 Å². The fourth-order valence-electron chi connectivity index (χ4n) is 9.15. The van der Waals surface area contributed by atoms with E-state index in [9.17, 15) is 0 Å². The number of anilines is 3. The zero-order chi connectivity index (χ0) is 38.2. The topological polar surface area (TPSA) is 16.4 Å². The van der Waals surface area contributed by atoms with Gasteiger partial charge in [0.05, 0.1) is 5.69 Å². The Labute approximate surface area is 335 Å². The second-order valence-corrected chi connectivity index (χ2v) is 15.3. The van der Waals surface area contributed by atoms with E-state index >= 15 is 0 Å². The van der Waals surface area contributed by atoms with Gasteiger partial charge < -0.3 is 9.32 Å². The Hall–Kier alpha value is -7.68. The Kier molecular flexibility index (Phi) is 7.26. The molecule has 0 aliphatic heterocycles. The van der Waals surface area contributed by atoms with Crippen molar-refractivity contribution in [1.82, 2.24) is 0 Å². The van der Waals surface area contributed by atoms with E-state index in [2.05, 4.69) is 217 Å². The zero-order valence-electron chi connectivity index (χ0n) is 31.6. The lowest BCUT2D eigenvalue weighted by Gasteiger charge is -2.28. The summed E-state index contributed by atoms with van der Waals surface area (Å²) < 4.78 is 6.52. The molecule has 0 aliphatic carbocycles. The summed E-state index contributed by atoms with van der Waals surface area (Å²) >= 11 is 0. The van der Waals surface area contributed by atoms with E-state index in [-0.39, 0.29) is 0 Å². The van der Waals surface area contributed by atoms with Gasteiger partial charge in [-0.25, -0.2) is 0 Å². The molecule has 0 radical (unpaired) electrons. The molecular formula is C56H35NO. The quantitative estimate of drug-likeness (QED) is 0.164. The fourth-order valence-corrected chi connectivity index (χ4v) is 9.15. The zero-order valence-corrected chi connectivity index (χ0v) is 31.6. The summed E-state index contributed by atoms with van der Waals surface area (Å²) in [5.74, 6) is 0. The van der Waals surface area contributed by atoms with Crippen LogP contribution in [0, 0.1) is 0 Å². The van der Waals surface area contributed by atoms with Gasteiger partial charge in [0.1, 0.15) is 11.2 Å². The van der Waals surface area contributed by atoms with Crippen molar-refractivity contribution >= 4 is 92.9 Å². The minimum Gasteiger partial charge on any atom is -0.455 e. The highest BCUT2D eigenvalue weighted by Crippen LogP contribution is 2.44. The van der Waals surface area contributed by atoms with Crippen LogP contribution >= 0.6 is 0 Å². The number of furan rings is 1. The van der Waals surface area contributed by atoms with E-state index in [4.69, 9.17) is 4.42 Å². The van der Waals surface area contributed by atoms with Gasteiger partial charge >= 0.3 is 0 Å². The molecule has 0 unspecified atom stereocenters. The van der Waals surface area contributed by atoms with Crippen LogP contribution in [-0.2, 0) is 0 Å². The molecule has 11 aromatic carbocycles. The predicted molar refractivity (Wildman–Crippen MR) is 247 cm³/mol. The Morgan fingerprint density at radius 3 is 1.57 bits per heavy atom. The monoisotopic (exact) mass is 737 g/mol. The highest BCUT2D eigenvalue weighted by molar-refractivity contribution is 6.16. The van der Waals surface area contributed by atoms with Crippen LogP contribution in [0.2, 0.25) is 0 Å². The number of hydrogen-bond donors (Lipinski definition) is 0. The number of hydrogen-bond acceptors (Lipinski definition) is 2. The molecule has 0 atom stereocenters. The Morgan fingerprint density at radius 1 is 0.293 bits per heavy atom. The van der Waals surface area contributed by atoms with Gasteiger partial charge in [-0.15, -0.1) is 0 Å². The van der Waals surface area contributed by atoms with E-state index in [0.717, 1.165) is 55.5 Å². The van der Waals surface area contributed by atoms with Crippen molar-refractivity contribution in [3.05, 3.63) is 212 Å². The second-order valence-electron chi connectivity index (χ2n) is 15.3. The fraction of sp³-hybridized carbons (Fsp3) is 0. The molecule has 12 aromatic rings. The van der Waals surface area contributed by atoms with Crippen LogP contribution in [-0.4, -0.2) is 0 Å². The molecule has 0 saturated heterocycles. The van der Waals surface area contributed by atoms with Crippen LogP contribution in [0.4, 0.5) is 17.1 Å². The van der Waals surface area contributed by atoms with E-state index in [0.29, 0.717) is 0 Å². The van der Waals surface area contributed by atoms with Gasteiger partial charge in [-0.3, -0.25) is 0 Å². The van der Waals surface area contributed by atoms with Crippen LogP contribution < -0.4 is 4.90 Å². The third kappa shape index (κ3) is 5.19. The largest absolute Gasteiger partial charge is 0.455 e. The van der Waals surface area contributed by atoms with E-state index in [1.807, 2.05) is 0 Å². The summed E-state index contributed by atoms with van der Waals surface area (Å²) in [5, 5.41) is 14.6. The van der Waals surface area contributed by atoms with Crippen molar-refractivity contribution in [1.29, 1.82) is 0 Å². The molecular weight excluding hydrogens is 703 g/mol.